The van der Waals surface area contributed by atoms with Crippen LogP contribution in [0.15, 0.2) is 0 Å². The molecule has 0 aromatic carbocycles. The van der Waals surface area contributed by atoms with Crippen molar-refractivity contribution in [2.75, 3.05) is 0 Å². The van der Waals surface area contributed by atoms with Crippen molar-refractivity contribution in [1.82, 2.24) is 5.32 Å². The Morgan fingerprint density at radius 1 is 1.75 bits per heavy atom. The Hall–Kier alpha value is -0.810. The molecule has 5 nitrogen and oxygen atoms in total. The van der Waals surface area contributed by atoms with Crippen LogP contribution < -0.4 is 11.1 Å². The monoisotopic (exact) mass is 194 g/mol. The number of carbonyl (C=O) groups is 2. The normalized spacial score (nSPS) is 27.6. The fraction of sp³-hybridized carbons (Fsp3) is 0.667. The molecule has 1 rings (SSSR count). The molecule has 0 unspecified atom stereocenters. The van der Waals surface area contributed by atoms with Crippen LogP contribution in [0.1, 0.15) is 19.3 Å². The summed E-state index contributed by atoms with van der Waals surface area (Å²) in [6.07, 6.45) is 0.515. The second-order valence-electron chi connectivity index (χ2n) is 2.77. The van der Waals surface area contributed by atoms with Gasteiger partial charge in [-0.05, 0) is 6.42 Å². The van der Waals surface area contributed by atoms with Crippen LogP contribution in [0.2, 0.25) is 0 Å². The van der Waals surface area contributed by atoms with E-state index in [2.05, 4.69) is 5.32 Å². The second-order valence-corrected chi connectivity index (χ2v) is 2.77. The zero-order valence-electron chi connectivity index (χ0n) is 6.37. The van der Waals surface area contributed by atoms with Gasteiger partial charge in [0, 0.05) is 6.42 Å². The van der Waals surface area contributed by atoms with Crippen molar-refractivity contribution in [3.63, 3.8) is 0 Å². The van der Waals surface area contributed by atoms with Gasteiger partial charge in [0.25, 0.3) is 0 Å². The molecule has 1 saturated heterocycles. The zero-order chi connectivity index (χ0) is 8.48. The lowest BCUT2D eigenvalue weighted by atomic mass is 10.1. The minimum absolute atomic E-state index is 0. The maximum absolute atomic E-state index is 10.7. The highest BCUT2D eigenvalue weighted by molar-refractivity contribution is 5.85. The number of hydrogen-bond donors (Lipinski definition) is 3. The van der Waals surface area contributed by atoms with Gasteiger partial charge in [0.2, 0.25) is 5.91 Å². The van der Waals surface area contributed by atoms with E-state index in [-0.39, 0.29) is 24.7 Å². The molecule has 1 heterocycles. The molecule has 4 N–H and O–H groups in total. The van der Waals surface area contributed by atoms with Crippen molar-refractivity contribution in [1.29, 1.82) is 0 Å². The average molecular weight is 195 g/mol. The lowest BCUT2D eigenvalue weighted by Gasteiger charge is -2.20. The number of nitrogens with two attached hydrogens (primary N) is 1. The Balaban J connectivity index is 0.00000121. The van der Waals surface area contributed by atoms with Crippen LogP contribution >= 0.6 is 12.4 Å². The number of aliphatic carboxylic acids is 1. The predicted molar refractivity (Wildman–Crippen MR) is 43.8 cm³/mol. The minimum atomic E-state index is -1.01. The van der Waals surface area contributed by atoms with E-state index >= 15 is 0 Å². The molecule has 1 aliphatic heterocycles. The van der Waals surface area contributed by atoms with Gasteiger partial charge in [0.05, 0.1) is 12.1 Å². The Labute approximate surface area is 75.7 Å². The summed E-state index contributed by atoms with van der Waals surface area (Å²) >= 11 is 0. The summed E-state index contributed by atoms with van der Waals surface area (Å²) in [6, 6.07) is 0. The van der Waals surface area contributed by atoms with Crippen LogP contribution in [0.25, 0.3) is 0 Å². The van der Waals surface area contributed by atoms with Crippen LogP contribution in [0.3, 0.4) is 0 Å². The smallest absolute Gasteiger partial charge is 0.307 e. The highest BCUT2D eigenvalue weighted by Gasteiger charge is 2.35. The summed E-state index contributed by atoms with van der Waals surface area (Å²) in [5.74, 6) is -1.16. The van der Waals surface area contributed by atoms with Crippen LogP contribution in [-0.2, 0) is 9.59 Å². The number of carboxylic acid groups (broad SMARTS) is 1. The highest BCUT2D eigenvalue weighted by atomic mass is 35.5. The van der Waals surface area contributed by atoms with Crippen molar-refractivity contribution in [3.05, 3.63) is 0 Å². The number of rotatable bonds is 2. The SMILES string of the molecule is Cl.N[C@]1(CC(=O)O)CCC(=O)N1. The molecule has 0 bridgehead atoms. The van der Waals surface area contributed by atoms with Gasteiger partial charge in [-0.25, -0.2) is 0 Å². The lowest BCUT2D eigenvalue weighted by Crippen LogP contribution is -2.51. The van der Waals surface area contributed by atoms with E-state index in [1.807, 2.05) is 0 Å². The standard InChI is InChI=1S/C6H10N2O3.ClH/c7-6(3-5(10)11)2-1-4(9)8-6;/h1-3,7H2,(H,8,9)(H,10,11);1H/t6-;/m1./s1. The Morgan fingerprint density at radius 2 is 2.33 bits per heavy atom. The molecular weight excluding hydrogens is 184 g/mol. The third-order valence-electron chi connectivity index (χ3n) is 1.65. The van der Waals surface area contributed by atoms with E-state index in [0.717, 1.165) is 0 Å². The Kier molecular flexibility index (Phi) is 3.48. The molecule has 6 heteroatoms. The fourth-order valence-electron chi connectivity index (χ4n) is 1.14. The molecule has 12 heavy (non-hydrogen) atoms. The topological polar surface area (TPSA) is 92.4 Å². The van der Waals surface area contributed by atoms with E-state index in [1.54, 1.807) is 0 Å². The van der Waals surface area contributed by atoms with E-state index < -0.39 is 11.6 Å². The Bertz CT molecular complexity index is 209. The van der Waals surface area contributed by atoms with Gasteiger partial charge in [-0.3, -0.25) is 9.59 Å². The van der Waals surface area contributed by atoms with Crippen molar-refractivity contribution >= 4 is 24.3 Å². The first kappa shape index (κ1) is 11.2. The number of nitrogens with one attached hydrogen (secondary N) is 1. The predicted octanol–water partition coefficient (Wildman–Crippen LogP) is -0.552. The first-order valence-electron chi connectivity index (χ1n) is 3.33. The van der Waals surface area contributed by atoms with Gasteiger partial charge in [-0.1, -0.05) is 0 Å². The lowest BCUT2D eigenvalue weighted by molar-refractivity contribution is -0.138. The van der Waals surface area contributed by atoms with Gasteiger partial charge < -0.3 is 16.2 Å². The van der Waals surface area contributed by atoms with Crippen LogP contribution in [0.4, 0.5) is 0 Å². The molecule has 0 saturated carbocycles. The van der Waals surface area contributed by atoms with Crippen molar-refractivity contribution < 1.29 is 14.7 Å². The van der Waals surface area contributed by atoms with E-state index in [9.17, 15) is 9.59 Å². The number of carboxylic acids is 1. The molecule has 1 amide bonds. The molecule has 70 valence electrons. The van der Waals surface area contributed by atoms with Gasteiger partial charge in [-0.2, -0.15) is 0 Å². The van der Waals surface area contributed by atoms with E-state index in [4.69, 9.17) is 10.8 Å². The maximum atomic E-state index is 10.7. The molecular formula is C6H11ClN2O3. The number of halogens is 1. The summed E-state index contributed by atoms with van der Waals surface area (Å²) in [6.45, 7) is 0. The fourth-order valence-corrected chi connectivity index (χ4v) is 1.14. The highest BCUT2D eigenvalue weighted by Crippen LogP contribution is 2.17. The molecule has 0 aromatic rings. The minimum Gasteiger partial charge on any atom is -0.481 e. The molecule has 0 spiro atoms. The van der Waals surface area contributed by atoms with Crippen molar-refractivity contribution in [2.24, 2.45) is 5.73 Å². The summed E-state index contributed by atoms with van der Waals surface area (Å²) in [4.78, 5) is 20.9. The molecule has 0 aliphatic carbocycles. The van der Waals surface area contributed by atoms with E-state index in [0.29, 0.717) is 12.8 Å². The number of hydrogen-bond acceptors (Lipinski definition) is 3. The molecule has 1 aliphatic rings. The third kappa shape index (κ3) is 2.67. The van der Waals surface area contributed by atoms with Crippen LogP contribution in [-0.4, -0.2) is 22.6 Å². The first-order chi connectivity index (χ1) is 5.02. The van der Waals surface area contributed by atoms with Gasteiger partial charge in [0.15, 0.2) is 0 Å². The maximum Gasteiger partial charge on any atom is 0.307 e. The second kappa shape index (κ2) is 3.73. The summed E-state index contributed by atoms with van der Waals surface area (Å²) in [5, 5.41) is 10.8. The van der Waals surface area contributed by atoms with Crippen molar-refractivity contribution in [3.8, 4) is 0 Å². The van der Waals surface area contributed by atoms with Crippen LogP contribution in [0.5, 0.6) is 0 Å². The van der Waals surface area contributed by atoms with E-state index in [1.165, 1.54) is 0 Å². The molecule has 0 radical (unpaired) electrons. The summed E-state index contributed by atoms with van der Waals surface area (Å²) in [7, 11) is 0. The van der Waals surface area contributed by atoms with Gasteiger partial charge in [-0.15, -0.1) is 12.4 Å². The summed E-state index contributed by atoms with van der Waals surface area (Å²) < 4.78 is 0. The average Bonchev–Trinajstić information content (AvgIpc) is 2.08. The Morgan fingerprint density at radius 3 is 2.67 bits per heavy atom. The van der Waals surface area contributed by atoms with Gasteiger partial charge in [0.1, 0.15) is 0 Å². The quantitative estimate of drug-likeness (QED) is 0.550. The molecule has 1 atom stereocenters. The van der Waals surface area contributed by atoms with Crippen LogP contribution in [0, 0.1) is 0 Å². The molecule has 1 fully saturated rings. The largest absolute Gasteiger partial charge is 0.481 e. The third-order valence-corrected chi connectivity index (χ3v) is 1.65. The first-order valence-corrected chi connectivity index (χ1v) is 3.33. The van der Waals surface area contributed by atoms with Gasteiger partial charge >= 0.3 is 5.97 Å². The summed E-state index contributed by atoms with van der Waals surface area (Å²) in [5.41, 5.74) is 4.53. The van der Waals surface area contributed by atoms with Crippen molar-refractivity contribution in [2.45, 2.75) is 24.9 Å². The number of carbonyl (C=O) groups excluding carboxylic acids is 1. The zero-order valence-corrected chi connectivity index (χ0v) is 7.19. The number of amides is 1. The molecule has 0 aromatic heterocycles.